The number of fused-ring (bicyclic) bond motifs is 1. The summed E-state index contributed by atoms with van der Waals surface area (Å²) in [7, 11) is 0. The summed E-state index contributed by atoms with van der Waals surface area (Å²) >= 11 is 0. The van der Waals surface area contributed by atoms with Gasteiger partial charge in [0.2, 0.25) is 5.91 Å². The summed E-state index contributed by atoms with van der Waals surface area (Å²) in [6.07, 6.45) is 2.98. The summed E-state index contributed by atoms with van der Waals surface area (Å²) < 4.78 is 54.5. The minimum Gasteiger partial charge on any atom is -0.323 e. The average Bonchev–Trinajstić information content (AvgIpc) is 3.35. The first-order valence-corrected chi connectivity index (χ1v) is 9.91. The Balaban J connectivity index is 1.48. The number of amides is 3. The summed E-state index contributed by atoms with van der Waals surface area (Å²) in [6, 6.07) is 1.75. The van der Waals surface area contributed by atoms with Crippen molar-refractivity contribution in [2.24, 2.45) is 5.92 Å². The molecule has 2 N–H and O–H groups in total. The highest BCUT2D eigenvalue weighted by molar-refractivity contribution is 6.09. The van der Waals surface area contributed by atoms with Gasteiger partial charge in [-0.05, 0) is 31.0 Å². The smallest absolute Gasteiger partial charge is 0.323 e. The Bertz CT molecular complexity index is 1260. The van der Waals surface area contributed by atoms with Crippen LogP contribution in [0.3, 0.4) is 0 Å². The summed E-state index contributed by atoms with van der Waals surface area (Å²) in [6.45, 7) is 0. The number of anilines is 1. The van der Waals surface area contributed by atoms with Gasteiger partial charge in [0.05, 0.1) is 29.2 Å². The summed E-state index contributed by atoms with van der Waals surface area (Å²) in [5, 5.41) is 8.80. The predicted molar refractivity (Wildman–Crippen MR) is 105 cm³/mol. The van der Waals surface area contributed by atoms with Crippen LogP contribution in [0.1, 0.15) is 34.8 Å². The SMILES string of the molecule is O=C1C=C2C(C(=O)N1)C(NC(=O)c1cc(F)cc(C(F)(F)F)c1)=CN2c1cnn(C2CC2)c1. The average molecular weight is 461 g/mol. The van der Waals surface area contributed by atoms with Crippen LogP contribution in [-0.4, -0.2) is 27.5 Å². The normalized spacial score (nSPS) is 20.2. The fourth-order valence-electron chi connectivity index (χ4n) is 3.79. The number of nitrogens with zero attached hydrogens (tertiary/aromatic N) is 3. The number of imide groups is 1. The van der Waals surface area contributed by atoms with Gasteiger partial charge < -0.3 is 10.2 Å². The third-order valence-corrected chi connectivity index (χ3v) is 5.47. The molecule has 5 rings (SSSR count). The Morgan fingerprint density at radius 3 is 2.64 bits per heavy atom. The molecule has 1 atom stereocenters. The molecule has 33 heavy (non-hydrogen) atoms. The van der Waals surface area contributed by atoms with Gasteiger partial charge in [-0.2, -0.15) is 18.3 Å². The Hall–Kier alpha value is -3.96. The van der Waals surface area contributed by atoms with E-state index in [4.69, 9.17) is 0 Å². The molecule has 3 aliphatic rings. The van der Waals surface area contributed by atoms with Crippen molar-refractivity contribution >= 4 is 23.4 Å². The van der Waals surface area contributed by atoms with E-state index in [9.17, 15) is 31.9 Å². The van der Waals surface area contributed by atoms with Crippen molar-refractivity contribution in [2.75, 3.05) is 4.90 Å². The monoisotopic (exact) mass is 461 g/mol. The second-order valence-electron chi connectivity index (χ2n) is 7.90. The van der Waals surface area contributed by atoms with E-state index in [2.05, 4.69) is 15.7 Å². The van der Waals surface area contributed by atoms with Gasteiger partial charge >= 0.3 is 6.18 Å². The van der Waals surface area contributed by atoms with E-state index in [-0.39, 0.29) is 23.5 Å². The first-order chi connectivity index (χ1) is 15.6. The summed E-state index contributed by atoms with van der Waals surface area (Å²) in [5.41, 5.74) is -1.07. The lowest BCUT2D eigenvalue weighted by Gasteiger charge is -2.24. The molecule has 1 aromatic heterocycles. The number of carbonyl (C=O) groups excluding carboxylic acids is 3. The molecule has 1 fully saturated rings. The molecule has 8 nitrogen and oxygen atoms in total. The van der Waals surface area contributed by atoms with Crippen molar-refractivity contribution in [2.45, 2.75) is 25.1 Å². The molecular weight excluding hydrogens is 446 g/mol. The first-order valence-electron chi connectivity index (χ1n) is 9.91. The summed E-state index contributed by atoms with van der Waals surface area (Å²) in [4.78, 5) is 38.6. The predicted octanol–water partition coefficient (Wildman–Crippen LogP) is 2.62. The largest absolute Gasteiger partial charge is 0.416 e. The Labute approximate surface area is 183 Å². The number of halogens is 4. The zero-order valence-electron chi connectivity index (χ0n) is 16.7. The lowest BCUT2D eigenvalue weighted by Crippen LogP contribution is -2.43. The van der Waals surface area contributed by atoms with Gasteiger partial charge in [0, 0.05) is 29.7 Å². The quantitative estimate of drug-likeness (QED) is 0.539. The van der Waals surface area contributed by atoms with Crippen molar-refractivity contribution < 1.29 is 31.9 Å². The minimum atomic E-state index is -4.85. The molecule has 12 heteroatoms. The second-order valence-corrected chi connectivity index (χ2v) is 7.90. The molecule has 1 unspecified atom stereocenters. The van der Waals surface area contributed by atoms with E-state index < -0.39 is 46.8 Å². The zero-order chi connectivity index (χ0) is 23.5. The fraction of sp³-hybridized carbons (Fsp3) is 0.238. The molecule has 0 saturated heterocycles. The molecule has 0 bridgehead atoms. The van der Waals surface area contributed by atoms with Crippen LogP contribution >= 0.6 is 0 Å². The highest BCUT2D eigenvalue weighted by atomic mass is 19.4. The number of carbonyl (C=O) groups is 3. The van der Waals surface area contributed by atoms with Crippen LogP contribution in [0.15, 0.2) is 54.3 Å². The summed E-state index contributed by atoms with van der Waals surface area (Å²) in [5.74, 6) is -4.72. The second kappa shape index (κ2) is 7.29. The molecule has 3 amide bonds. The van der Waals surface area contributed by atoms with E-state index >= 15 is 0 Å². The van der Waals surface area contributed by atoms with Crippen LogP contribution in [0.25, 0.3) is 0 Å². The van der Waals surface area contributed by atoms with Crippen LogP contribution in [0, 0.1) is 11.7 Å². The van der Waals surface area contributed by atoms with Gasteiger partial charge in [-0.1, -0.05) is 0 Å². The van der Waals surface area contributed by atoms with E-state index in [1.54, 1.807) is 10.9 Å². The van der Waals surface area contributed by atoms with E-state index in [0.717, 1.165) is 12.8 Å². The maximum atomic E-state index is 13.7. The fourth-order valence-corrected chi connectivity index (χ4v) is 3.79. The number of alkyl halides is 3. The van der Waals surface area contributed by atoms with Crippen LogP contribution in [-0.2, 0) is 15.8 Å². The molecule has 1 saturated carbocycles. The van der Waals surface area contributed by atoms with Gasteiger partial charge in [0.15, 0.2) is 0 Å². The van der Waals surface area contributed by atoms with E-state index in [1.165, 1.54) is 23.4 Å². The van der Waals surface area contributed by atoms with Crippen molar-refractivity contribution in [3.8, 4) is 0 Å². The molecule has 2 aromatic rings. The highest BCUT2D eigenvalue weighted by Gasteiger charge is 2.42. The van der Waals surface area contributed by atoms with Crippen molar-refractivity contribution in [3.05, 3.63) is 71.2 Å². The maximum absolute atomic E-state index is 13.7. The number of rotatable bonds is 4. The number of aromatic nitrogens is 2. The standard InChI is InChI=1S/C21H15F4N5O3/c22-12-4-10(3-11(5-12)21(23,24)25)19(32)27-15-9-29(14-7-26-30(8-14)13-1-2-13)16-6-17(31)28-20(33)18(15)16/h3-9,13,18H,1-2H2,(H,27,32)(H,28,31,33). The lowest BCUT2D eigenvalue weighted by molar-refractivity contribution is -0.138. The van der Waals surface area contributed by atoms with Gasteiger partial charge in [-0.3, -0.25) is 24.4 Å². The minimum absolute atomic E-state index is 0.0215. The molecule has 3 heterocycles. The lowest BCUT2D eigenvalue weighted by atomic mass is 9.99. The zero-order valence-corrected chi connectivity index (χ0v) is 16.7. The van der Waals surface area contributed by atoms with Crippen molar-refractivity contribution in [1.82, 2.24) is 20.4 Å². The number of benzene rings is 1. The van der Waals surface area contributed by atoms with Crippen molar-refractivity contribution in [1.29, 1.82) is 0 Å². The first kappa shape index (κ1) is 20.9. The van der Waals surface area contributed by atoms with Crippen LogP contribution in [0.4, 0.5) is 23.2 Å². The number of nitrogens with one attached hydrogen (secondary N) is 2. The molecule has 0 spiro atoms. The maximum Gasteiger partial charge on any atom is 0.416 e. The molecule has 170 valence electrons. The third kappa shape index (κ3) is 3.88. The van der Waals surface area contributed by atoms with Crippen LogP contribution < -0.4 is 15.5 Å². The number of hydrogen-bond donors (Lipinski definition) is 2. The van der Waals surface area contributed by atoms with E-state index in [1.807, 2.05) is 0 Å². The number of hydrogen-bond acceptors (Lipinski definition) is 5. The Morgan fingerprint density at radius 1 is 1.18 bits per heavy atom. The van der Waals surface area contributed by atoms with Crippen LogP contribution in [0.5, 0.6) is 0 Å². The van der Waals surface area contributed by atoms with Crippen LogP contribution in [0.2, 0.25) is 0 Å². The Kier molecular flexibility index (Phi) is 4.62. The molecule has 0 radical (unpaired) electrons. The third-order valence-electron chi connectivity index (χ3n) is 5.47. The van der Waals surface area contributed by atoms with E-state index in [0.29, 0.717) is 17.8 Å². The van der Waals surface area contributed by atoms with Gasteiger partial charge in [-0.25, -0.2) is 4.39 Å². The van der Waals surface area contributed by atoms with Gasteiger partial charge in [0.1, 0.15) is 11.7 Å². The molecule has 2 aliphatic heterocycles. The van der Waals surface area contributed by atoms with Crippen molar-refractivity contribution in [3.63, 3.8) is 0 Å². The van der Waals surface area contributed by atoms with Gasteiger partial charge in [-0.15, -0.1) is 0 Å². The molecular formula is C21H15F4N5O3. The topological polar surface area (TPSA) is 96.3 Å². The molecule has 1 aromatic carbocycles. The molecule has 1 aliphatic carbocycles. The van der Waals surface area contributed by atoms with Gasteiger partial charge in [0.25, 0.3) is 11.8 Å². The highest BCUT2D eigenvalue weighted by Crippen LogP contribution is 2.39. The Morgan fingerprint density at radius 2 is 1.94 bits per heavy atom.